The highest BCUT2D eigenvalue weighted by Gasteiger charge is 2.28. The van der Waals surface area contributed by atoms with Crippen LogP contribution in [0.15, 0.2) is 28.7 Å². The number of benzene rings is 1. The molecular weight excluding hydrogens is 356 g/mol. The molecule has 4 heterocycles. The Kier molecular flexibility index (Phi) is 4.74. The fraction of sp³-hybridized carbons (Fsp3) is 0.550. The summed E-state index contributed by atoms with van der Waals surface area (Å²) in [6, 6.07) is 8.63. The van der Waals surface area contributed by atoms with Gasteiger partial charge in [0.25, 0.3) is 6.01 Å². The predicted molar refractivity (Wildman–Crippen MR) is 105 cm³/mol. The number of anilines is 1. The summed E-state index contributed by atoms with van der Waals surface area (Å²) in [5, 5.41) is 9.04. The van der Waals surface area contributed by atoms with Crippen molar-refractivity contribution >= 4 is 17.1 Å². The topological polar surface area (TPSA) is 72.5 Å². The van der Waals surface area contributed by atoms with Gasteiger partial charge in [-0.3, -0.25) is 4.90 Å². The van der Waals surface area contributed by atoms with Gasteiger partial charge in [0.1, 0.15) is 17.2 Å². The van der Waals surface area contributed by atoms with Crippen molar-refractivity contribution in [2.45, 2.75) is 25.3 Å². The number of fused-ring (bicyclic) bond motifs is 1. The zero-order valence-electron chi connectivity index (χ0n) is 16.3. The number of para-hydroxylation sites is 2. The Hall–Kier alpha value is -2.45. The highest BCUT2D eigenvalue weighted by atomic mass is 16.5. The summed E-state index contributed by atoms with van der Waals surface area (Å²) in [4.78, 5) is 9.29. The molecule has 0 saturated carbocycles. The quantitative estimate of drug-likeness (QED) is 0.685. The molecule has 5 rings (SSSR count). The van der Waals surface area contributed by atoms with Crippen LogP contribution in [-0.2, 0) is 18.3 Å². The molecular formula is C20H26N6O2. The summed E-state index contributed by atoms with van der Waals surface area (Å²) in [5.74, 6) is 2.42. The van der Waals surface area contributed by atoms with Crippen LogP contribution in [0.4, 0.5) is 6.01 Å². The maximum absolute atomic E-state index is 5.98. The molecule has 148 valence electrons. The minimum atomic E-state index is 0.333. The fourth-order valence-electron chi connectivity index (χ4n) is 4.18. The van der Waals surface area contributed by atoms with Gasteiger partial charge < -0.3 is 18.6 Å². The average molecular weight is 382 g/mol. The number of hydrogen-bond donors (Lipinski definition) is 0. The molecule has 2 aromatic heterocycles. The van der Waals surface area contributed by atoms with Crippen molar-refractivity contribution in [3.63, 3.8) is 0 Å². The van der Waals surface area contributed by atoms with Crippen molar-refractivity contribution in [1.29, 1.82) is 0 Å². The number of ether oxygens (including phenoxy) is 1. The molecule has 28 heavy (non-hydrogen) atoms. The van der Waals surface area contributed by atoms with E-state index in [0.29, 0.717) is 11.9 Å². The van der Waals surface area contributed by atoms with Crippen LogP contribution in [0.5, 0.6) is 0 Å². The molecule has 0 unspecified atom stereocenters. The number of rotatable bonds is 4. The lowest BCUT2D eigenvalue weighted by Gasteiger charge is -2.31. The second-order valence-corrected chi connectivity index (χ2v) is 7.67. The Labute approximate surface area is 164 Å². The second-order valence-electron chi connectivity index (χ2n) is 7.67. The third-order valence-electron chi connectivity index (χ3n) is 5.81. The summed E-state index contributed by atoms with van der Waals surface area (Å²) in [7, 11) is 2.09. The van der Waals surface area contributed by atoms with Gasteiger partial charge in [-0.1, -0.05) is 12.1 Å². The van der Waals surface area contributed by atoms with Crippen LogP contribution in [0.2, 0.25) is 0 Å². The number of oxazole rings is 1. The summed E-state index contributed by atoms with van der Waals surface area (Å²) in [5.41, 5.74) is 1.75. The molecule has 0 radical (unpaired) electrons. The Bertz CT molecular complexity index is 912. The summed E-state index contributed by atoms with van der Waals surface area (Å²) in [6.07, 6.45) is 2.20. The van der Waals surface area contributed by atoms with Crippen LogP contribution < -0.4 is 4.90 Å². The lowest BCUT2D eigenvalue weighted by Crippen LogP contribution is -2.37. The molecule has 2 aliphatic heterocycles. The van der Waals surface area contributed by atoms with Crippen molar-refractivity contribution in [3.05, 3.63) is 35.9 Å². The van der Waals surface area contributed by atoms with E-state index in [4.69, 9.17) is 9.15 Å². The van der Waals surface area contributed by atoms with E-state index in [9.17, 15) is 0 Å². The lowest BCUT2D eigenvalue weighted by atomic mass is 9.97. The molecule has 1 atom stereocenters. The van der Waals surface area contributed by atoms with Crippen LogP contribution in [-0.4, -0.2) is 64.0 Å². The Morgan fingerprint density at radius 2 is 1.96 bits per heavy atom. The number of morpholine rings is 1. The number of hydrogen-bond acceptors (Lipinski definition) is 7. The van der Waals surface area contributed by atoms with Gasteiger partial charge in [0, 0.05) is 39.1 Å². The number of nitrogens with zero attached hydrogens (tertiary/aromatic N) is 6. The third kappa shape index (κ3) is 3.38. The van der Waals surface area contributed by atoms with Crippen molar-refractivity contribution in [3.8, 4) is 0 Å². The van der Waals surface area contributed by atoms with Gasteiger partial charge in [0.05, 0.1) is 19.8 Å². The molecule has 0 N–H and O–H groups in total. The fourth-order valence-corrected chi connectivity index (χ4v) is 4.18. The van der Waals surface area contributed by atoms with Crippen LogP contribution in [0, 0.1) is 0 Å². The van der Waals surface area contributed by atoms with E-state index >= 15 is 0 Å². The van der Waals surface area contributed by atoms with Gasteiger partial charge in [-0.25, -0.2) is 0 Å². The van der Waals surface area contributed by atoms with Gasteiger partial charge in [-0.05, 0) is 25.0 Å². The maximum atomic E-state index is 5.98. The number of piperidine rings is 1. The van der Waals surface area contributed by atoms with Crippen LogP contribution >= 0.6 is 0 Å². The zero-order valence-corrected chi connectivity index (χ0v) is 16.3. The first-order valence-corrected chi connectivity index (χ1v) is 10.1. The zero-order chi connectivity index (χ0) is 18.9. The van der Waals surface area contributed by atoms with Gasteiger partial charge >= 0.3 is 0 Å². The average Bonchev–Trinajstić information content (AvgIpc) is 3.33. The molecule has 8 nitrogen and oxygen atoms in total. The van der Waals surface area contributed by atoms with Gasteiger partial charge in [-0.2, -0.15) is 4.98 Å². The van der Waals surface area contributed by atoms with E-state index in [1.165, 1.54) is 0 Å². The van der Waals surface area contributed by atoms with Crippen LogP contribution in [0.3, 0.4) is 0 Å². The smallest absolute Gasteiger partial charge is 0.298 e. The van der Waals surface area contributed by atoms with Crippen LogP contribution in [0.25, 0.3) is 11.1 Å². The van der Waals surface area contributed by atoms with E-state index < -0.39 is 0 Å². The van der Waals surface area contributed by atoms with Crippen molar-refractivity contribution in [2.24, 2.45) is 7.05 Å². The Balaban J connectivity index is 1.32. The minimum Gasteiger partial charge on any atom is -0.423 e. The summed E-state index contributed by atoms with van der Waals surface area (Å²) >= 11 is 0. The first-order valence-electron chi connectivity index (χ1n) is 10.1. The van der Waals surface area contributed by atoms with Crippen molar-refractivity contribution in [1.82, 2.24) is 24.6 Å². The van der Waals surface area contributed by atoms with E-state index in [1.807, 2.05) is 24.3 Å². The van der Waals surface area contributed by atoms with E-state index in [2.05, 4.69) is 36.6 Å². The molecule has 3 aromatic rings. The monoisotopic (exact) mass is 382 g/mol. The van der Waals surface area contributed by atoms with Crippen molar-refractivity contribution in [2.75, 3.05) is 44.3 Å². The molecule has 2 saturated heterocycles. The van der Waals surface area contributed by atoms with E-state index in [0.717, 1.165) is 81.5 Å². The molecule has 0 spiro atoms. The summed E-state index contributed by atoms with van der Waals surface area (Å²) < 4.78 is 13.6. The molecule has 2 aliphatic rings. The molecule has 1 aromatic carbocycles. The molecule has 0 amide bonds. The predicted octanol–water partition coefficient (Wildman–Crippen LogP) is 2.17. The van der Waals surface area contributed by atoms with Gasteiger partial charge in [0.15, 0.2) is 5.58 Å². The summed E-state index contributed by atoms with van der Waals surface area (Å²) in [6.45, 7) is 6.15. The third-order valence-corrected chi connectivity index (χ3v) is 5.81. The molecule has 0 bridgehead atoms. The van der Waals surface area contributed by atoms with Gasteiger partial charge in [-0.15, -0.1) is 10.2 Å². The normalized spacial score (nSPS) is 21.5. The highest BCUT2D eigenvalue weighted by molar-refractivity contribution is 5.74. The molecule has 8 heteroatoms. The first kappa shape index (κ1) is 17.6. The second kappa shape index (κ2) is 7.52. The van der Waals surface area contributed by atoms with Gasteiger partial charge in [0.2, 0.25) is 0 Å². The largest absolute Gasteiger partial charge is 0.423 e. The van der Waals surface area contributed by atoms with Crippen LogP contribution in [0.1, 0.15) is 30.4 Å². The molecule has 0 aliphatic carbocycles. The van der Waals surface area contributed by atoms with E-state index in [-0.39, 0.29) is 0 Å². The SMILES string of the molecule is Cn1c(CN2CCOCC2)nnc1[C@H]1CCCN(c2nc3ccccc3o2)C1. The highest BCUT2D eigenvalue weighted by Crippen LogP contribution is 2.30. The van der Waals surface area contributed by atoms with Crippen molar-refractivity contribution < 1.29 is 9.15 Å². The maximum Gasteiger partial charge on any atom is 0.298 e. The number of aromatic nitrogens is 4. The lowest BCUT2D eigenvalue weighted by molar-refractivity contribution is 0.0326. The Morgan fingerprint density at radius 3 is 2.82 bits per heavy atom. The Morgan fingerprint density at radius 1 is 1.11 bits per heavy atom. The van der Waals surface area contributed by atoms with E-state index in [1.54, 1.807) is 0 Å². The minimum absolute atomic E-state index is 0.333. The first-order chi connectivity index (χ1) is 13.8. The molecule has 2 fully saturated rings. The standard InChI is InChI=1S/C20H26N6O2/c1-24-18(14-25-9-11-27-12-10-25)22-23-19(24)15-5-4-8-26(13-15)20-21-16-6-2-3-7-17(16)28-20/h2-3,6-7,15H,4-5,8-14H2,1H3/t15-/m0/s1.